The van der Waals surface area contributed by atoms with Crippen LogP contribution in [-0.2, 0) is 14.3 Å². The van der Waals surface area contributed by atoms with Crippen molar-refractivity contribution in [2.45, 2.75) is 50.8 Å². The first-order chi connectivity index (χ1) is 14.8. The van der Waals surface area contributed by atoms with Gasteiger partial charge < -0.3 is 19.9 Å². The van der Waals surface area contributed by atoms with E-state index in [2.05, 4.69) is 10.2 Å². The third-order valence-corrected chi connectivity index (χ3v) is 6.03. The summed E-state index contributed by atoms with van der Waals surface area (Å²) in [7, 11) is 0. The zero-order valence-corrected chi connectivity index (χ0v) is 18.5. The first-order valence-corrected chi connectivity index (χ1v) is 10.9. The second-order valence-electron chi connectivity index (χ2n) is 9.31. The number of nitrogens with zero attached hydrogens (tertiary/aromatic N) is 2. The van der Waals surface area contributed by atoms with Crippen LogP contribution in [0.5, 0.6) is 0 Å². The molecule has 0 aliphatic carbocycles. The second-order valence-corrected chi connectivity index (χ2v) is 9.31. The Morgan fingerprint density at radius 3 is 2.16 bits per heavy atom. The Labute approximate surface area is 184 Å². The van der Waals surface area contributed by atoms with E-state index in [1.165, 1.54) is 0 Å². The summed E-state index contributed by atoms with van der Waals surface area (Å²) in [6.07, 6.45) is 1.40. The van der Waals surface area contributed by atoms with Crippen molar-refractivity contribution in [3.8, 4) is 0 Å². The van der Waals surface area contributed by atoms with Gasteiger partial charge in [-0.05, 0) is 64.4 Å². The molecule has 164 valence electrons. The molecule has 2 aromatic rings. The minimum Gasteiger partial charge on any atom is -0.458 e. The van der Waals surface area contributed by atoms with E-state index in [-0.39, 0.29) is 5.91 Å². The van der Waals surface area contributed by atoms with Crippen molar-refractivity contribution in [3.05, 3.63) is 66.2 Å². The topological polar surface area (TPSA) is 61.9 Å². The highest BCUT2D eigenvalue weighted by Gasteiger charge is 2.55. The van der Waals surface area contributed by atoms with Gasteiger partial charge in [-0.25, -0.2) is 4.79 Å². The molecule has 2 fully saturated rings. The number of hydrogen-bond acceptors (Lipinski definition) is 5. The molecule has 1 N–H and O–H groups in total. The van der Waals surface area contributed by atoms with Crippen LogP contribution in [0.25, 0.3) is 0 Å². The number of rotatable bonds is 4. The Hall–Kier alpha value is -2.86. The summed E-state index contributed by atoms with van der Waals surface area (Å²) in [6, 6.07) is 18.7. The lowest BCUT2D eigenvalue weighted by Gasteiger charge is -2.40. The third kappa shape index (κ3) is 4.17. The zero-order valence-electron chi connectivity index (χ0n) is 18.5. The van der Waals surface area contributed by atoms with Crippen LogP contribution in [0.15, 0.2) is 60.7 Å². The number of anilines is 1. The summed E-state index contributed by atoms with van der Waals surface area (Å²) in [5, 5.41) is 3.37. The fraction of sp³-hybridized carbons (Fsp3) is 0.440. The maximum absolute atomic E-state index is 14.0. The van der Waals surface area contributed by atoms with Gasteiger partial charge in [0.1, 0.15) is 11.1 Å². The van der Waals surface area contributed by atoms with Gasteiger partial charge in [0.05, 0.1) is 6.67 Å². The quantitative estimate of drug-likeness (QED) is 0.766. The van der Waals surface area contributed by atoms with Crippen LogP contribution in [0.1, 0.15) is 45.2 Å². The standard InChI is InChI=1S/C25H31N3O3/c1-24(2,3)31-22(29)21(19-10-6-4-7-11-19)27-18-28(20-12-8-5-9-13-20)25(23(27)30)14-16-26-17-15-25/h4-13,21,26H,14-18H2,1-3H3/t21-/m0/s1. The summed E-state index contributed by atoms with van der Waals surface area (Å²) in [5.74, 6) is -0.399. The lowest BCUT2D eigenvalue weighted by molar-refractivity contribution is -0.164. The lowest BCUT2D eigenvalue weighted by atomic mass is 9.86. The highest BCUT2D eigenvalue weighted by Crippen LogP contribution is 2.41. The number of hydrogen-bond donors (Lipinski definition) is 1. The Morgan fingerprint density at radius 1 is 1.00 bits per heavy atom. The summed E-state index contributed by atoms with van der Waals surface area (Å²) >= 11 is 0. The maximum Gasteiger partial charge on any atom is 0.334 e. The number of carbonyl (C=O) groups is 2. The molecule has 1 amide bonds. The molecule has 0 aromatic heterocycles. The number of amides is 1. The number of ether oxygens (including phenoxy) is 1. The van der Waals surface area contributed by atoms with E-state index >= 15 is 0 Å². The normalized spacial score (nSPS) is 19.5. The molecular formula is C25H31N3O3. The van der Waals surface area contributed by atoms with Crippen LogP contribution in [0.3, 0.4) is 0 Å². The molecule has 31 heavy (non-hydrogen) atoms. The van der Waals surface area contributed by atoms with Crippen LogP contribution in [-0.4, -0.2) is 47.7 Å². The van der Waals surface area contributed by atoms with E-state index < -0.39 is 23.2 Å². The molecule has 6 nitrogen and oxygen atoms in total. The second kappa shape index (κ2) is 8.35. The van der Waals surface area contributed by atoms with Gasteiger partial charge in [0.15, 0.2) is 6.04 Å². The average Bonchev–Trinajstić information content (AvgIpc) is 3.01. The molecule has 2 aromatic carbocycles. The number of benzene rings is 2. The van der Waals surface area contributed by atoms with Gasteiger partial charge in [-0.1, -0.05) is 48.5 Å². The average molecular weight is 422 g/mol. The van der Waals surface area contributed by atoms with E-state index in [9.17, 15) is 9.59 Å². The minimum atomic E-state index is -0.784. The predicted molar refractivity (Wildman–Crippen MR) is 120 cm³/mol. The fourth-order valence-corrected chi connectivity index (χ4v) is 4.63. The smallest absolute Gasteiger partial charge is 0.334 e. The van der Waals surface area contributed by atoms with Gasteiger partial charge >= 0.3 is 5.97 Å². The van der Waals surface area contributed by atoms with E-state index in [0.717, 1.165) is 24.3 Å². The van der Waals surface area contributed by atoms with Crippen LogP contribution in [0.4, 0.5) is 5.69 Å². The van der Waals surface area contributed by atoms with Gasteiger partial charge in [0, 0.05) is 5.69 Å². The minimum absolute atomic E-state index is 0.00225. The number of carbonyl (C=O) groups excluding carboxylic acids is 2. The van der Waals surface area contributed by atoms with E-state index in [4.69, 9.17) is 4.74 Å². The molecular weight excluding hydrogens is 390 g/mol. The summed E-state index contributed by atoms with van der Waals surface area (Å²) in [4.78, 5) is 31.2. The third-order valence-electron chi connectivity index (χ3n) is 6.03. The molecule has 6 heteroatoms. The van der Waals surface area contributed by atoms with Crippen molar-refractivity contribution in [3.63, 3.8) is 0 Å². The number of nitrogens with one attached hydrogen (secondary N) is 1. The molecule has 2 aliphatic heterocycles. The van der Waals surface area contributed by atoms with Gasteiger partial charge in [0.25, 0.3) is 5.91 Å². The van der Waals surface area contributed by atoms with Gasteiger partial charge in [0.2, 0.25) is 0 Å². The van der Waals surface area contributed by atoms with Gasteiger partial charge in [-0.2, -0.15) is 0 Å². The highest BCUT2D eigenvalue weighted by molar-refractivity contribution is 5.97. The Balaban J connectivity index is 1.76. The number of piperidine rings is 1. The highest BCUT2D eigenvalue weighted by atomic mass is 16.6. The van der Waals surface area contributed by atoms with Crippen LogP contribution in [0.2, 0.25) is 0 Å². The molecule has 1 spiro atoms. The fourth-order valence-electron chi connectivity index (χ4n) is 4.63. The van der Waals surface area contributed by atoms with Crippen molar-refractivity contribution in [2.75, 3.05) is 24.7 Å². The van der Waals surface area contributed by atoms with Crippen molar-refractivity contribution in [1.29, 1.82) is 0 Å². The summed E-state index contributed by atoms with van der Waals surface area (Å²) in [6.45, 7) is 7.44. The predicted octanol–water partition coefficient (Wildman–Crippen LogP) is 3.50. The van der Waals surface area contributed by atoms with Crippen LogP contribution >= 0.6 is 0 Å². The maximum atomic E-state index is 14.0. The molecule has 2 aliphatic rings. The van der Waals surface area contributed by atoms with Crippen molar-refractivity contribution in [2.24, 2.45) is 0 Å². The SMILES string of the molecule is CC(C)(C)OC(=O)[C@H](c1ccccc1)N1CN(c2ccccc2)C2(CCNCC2)C1=O. The molecule has 2 saturated heterocycles. The van der Waals surface area contributed by atoms with E-state index in [1.807, 2.05) is 81.4 Å². The monoisotopic (exact) mass is 421 g/mol. The number of para-hydroxylation sites is 1. The molecule has 0 radical (unpaired) electrons. The van der Waals surface area contributed by atoms with Gasteiger partial charge in [-0.3, -0.25) is 4.79 Å². The molecule has 1 atom stereocenters. The summed E-state index contributed by atoms with van der Waals surface area (Å²) < 4.78 is 5.77. The van der Waals surface area contributed by atoms with E-state index in [1.54, 1.807) is 4.90 Å². The Kier molecular flexibility index (Phi) is 5.75. The molecule has 0 saturated carbocycles. The van der Waals surface area contributed by atoms with Gasteiger partial charge in [-0.15, -0.1) is 0 Å². The van der Waals surface area contributed by atoms with Crippen LogP contribution in [0, 0.1) is 0 Å². The molecule has 2 heterocycles. The first kappa shape index (κ1) is 21.4. The Bertz CT molecular complexity index is 918. The van der Waals surface area contributed by atoms with Crippen molar-refractivity contribution < 1.29 is 14.3 Å². The molecule has 4 rings (SSSR count). The lowest BCUT2D eigenvalue weighted by Crippen LogP contribution is -2.56. The molecule has 0 bridgehead atoms. The zero-order chi connectivity index (χ0) is 22.1. The molecule has 0 unspecified atom stereocenters. The Morgan fingerprint density at radius 2 is 1.58 bits per heavy atom. The van der Waals surface area contributed by atoms with Crippen molar-refractivity contribution >= 4 is 17.6 Å². The summed E-state index contributed by atoms with van der Waals surface area (Å²) in [5.41, 5.74) is 0.473. The van der Waals surface area contributed by atoms with E-state index in [0.29, 0.717) is 19.5 Å². The largest absolute Gasteiger partial charge is 0.458 e. The first-order valence-electron chi connectivity index (χ1n) is 10.9. The van der Waals surface area contributed by atoms with Crippen LogP contribution < -0.4 is 10.2 Å². The van der Waals surface area contributed by atoms with Crippen molar-refractivity contribution in [1.82, 2.24) is 10.2 Å². The number of esters is 1.